The number of rotatable bonds is 13. The van der Waals surface area contributed by atoms with E-state index < -0.39 is 29.9 Å². The van der Waals surface area contributed by atoms with E-state index in [0.717, 1.165) is 30.8 Å². The lowest BCUT2D eigenvalue weighted by atomic mass is 9.86. The fourth-order valence-electron chi connectivity index (χ4n) is 6.39. The van der Waals surface area contributed by atoms with E-state index in [1.807, 2.05) is 0 Å². The summed E-state index contributed by atoms with van der Waals surface area (Å²) in [5.74, 6) is -0.0990. The van der Waals surface area contributed by atoms with E-state index in [2.05, 4.69) is 15.2 Å². The van der Waals surface area contributed by atoms with E-state index >= 15 is 0 Å². The molecule has 7 rings (SSSR count). The maximum absolute atomic E-state index is 14.3. The van der Waals surface area contributed by atoms with Crippen LogP contribution < -0.4 is 19.8 Å². The normalized spacial score (nSPS) is 19.2. The molecule has 10 nitrogen and oxygen atoms in total. The van der Waals surface area contributed by atoms with Gasteiger partial charge in [-0.15, -0.1) is 11.3 Å². The molecule has 3 N–H and O–H groups in total. The van der Waals surface area contributed by atoms with Crippen molar-refractivity contribution in [1.82, 2.24) is 10.2 Å². The summed E-state index contributed by atoms with van der Waals surface area (Å²) in [7, 11) is 3.07. The van der Waals surface area contributed by atoms with Crippen molar-refractivity contribution in [3.05, 3.63) is 109 Å². The van der Waals surface area contributed by atoms with Gasteiger partial charge in [0.1, 0.15) is 39.0 Å². The SMILES string of the molecule is COc1ccc([C@H](Cc2c(Cl)c[nH+]cc2Cl)OC(=O)c2ccc(CNC(C(=O)OC3CN4CCC3CC4)c3cccc(F)c3)s2)cc1OC.[OH-]. The Bertz CT molecular complexity index is 1780. The number of aromatic amines is 1. The van der Waals surface area contributed by atoms with Crippen molar-refractivity contribution in [3.63, 3.8) is 0 Å². The first-order chi connectivity index (χ1) is 23.7. The number of fused-ring (bicyclic) bond motifs is 3. The summed E-state index contributed by atoms with van der Waals surface area (Å²) in [6.45, 7) is 3.00. The Morgan fingerprint density at radius 1 is 1.00 bits per heavy atom. The number of halogens is 3. The molecule has 2 aromatic heterocycles. The highest BCUT2D eigenvalue weighted by molar-refractivity contribution is 7.13. The lowest BCUT2D eigenvalue weighted by molar-refractivity contribution is -0.377. The number of H-pyrrole nitrogens is 1. The van der Waals surface area contributed by atoms with Gasteiger partial charge in [-0.2, -0.15) is 0 Å². The Balaban J connectivity index is 0.00000486. The number of esters is 2. The number of aromatic nitrogens is 1. The van der Waals surface area contributed by atoms with Crippen LogP contribution >= 0.6 is 34.5 Å². The lowest BCUT2D eigenvalue weighted by Crippen LogP contribution is -2.52. The average Bonchev–Trinajstić information content (AvgIpc) is 3.59. The highest BCUT2D eigenvalue weighted by atomic mass is 35.5. The van der Waals surface area contributed by atoms with Crippen LogP contribution in [0.2, 0.25) is 10.0 Å². The van der Waals surface area contributed by atoms with Gasteiger partial charge in [0.05, 0.1) is 14.2 Å². The second-order valence-corrected chi connectivity index (χ2v) is 14.1. The van der Waals surface area contributed by atoms with Crippen LogP contribution in [-0.4, -0.2) is 62.3 Å². The van der Waals surface area contributed by atoms with Crippen LogP contribution in [0.3, 0.4) is 0 Å². The molecule has 0 saturated carbocycles. The molecule has 266 valence electrons. The minimum atomic E-state index is -0.893. The summed E-state index contributed by atoms with van der Waals surface area (Å²) in [5, 5.41) is 4.05. The van der Waals surface area contributed by atoms with Gasteiger partial charge in [0.15, 0.2) is 23.9 Å². The number of carbonyl (C=O) groups excluding carboxylic acids is 2. The van der Waals surface area contributed by atoms with Gasteiger partial charge < -0.3 is 24.4 Å². The molecule has 3 saturated heterocycles. The number of benzene rings is 2. The van der Waals surface area contributed by atoms with Gasteiger partial charge in [0.2, 0.25) is 0 Å². The number of carbonyl (C=O) groups is 2. The van der Waals surface area contributed by atoms with E-state index in [1.165, 1.54) is 30.6 Å². The molecule has 0 spiro atoms. The fraction of sp³-hybridized carbons (Fsp3) is 0.361. The highest BCUT2D eigenvalue weighted by Gasteiger charge is 2.38. The number of thiophene rings is 1. The predicted molar refractivity (Wildman–Crippen MR) is 186 cm³/mol. The molecule has 3 aliphatic heterocycles. The first-order valence-electron chi connectivity index (χ1n) is 16.0. The summed E-state index contributed by atoms with van der Waals surface area (Å²) in [6, 6.07) is 13.8. The Morgan fingerprint density at radius 3 is 2.40 bits per heavy atom. The maximum Gasteiger partial charge on any atom is 0.348 e. The van der Waals surface area contributed by atoms with Crippen molar-refractivity contribution in [2.75, 3.05) is 33.9 Å². The molecule has 5 heterocycles. The minimum absolute atomic E-state index is 0. The van der Waals surface area contributed by atoms with Gasteiger partial charge in [-0.3, -0.25) is 10.2 Å². The van der Waals surface area contributed by atoms with Crippen LogP contribution in [-0.2, 0) is 27.2 Å². The predicted octanol–water partition coefficient (Wildman–Crippen LogP) is 6.46. The van der Waals surface area contributed by atoms with E-state index in [9.17, 15) is 14.0 Å². The zero-order valence-electron chi connectivity index (χ0n) is 27.5. The lowest BCUT2D eigenvalue weighted by Gasteiger charge is -2.44. The van der Waals surface area contributed by atoms with Crippen LogP contribution in [0.5, 0.6) is 11.5 Å². The van der Waals surface area contributed by atoms with Crippen LogP contribution in [0.15, 0.2) is 67.0 Å². The smallest absolute Gasteiger partial charge is 0.348 e. The van der Waals surface area contributed by atoms with Crippen molar-refractivity contribution < 1.29 is 43.4 Å². The van der Waals surface area contributed by atoms with E-state index in [0.29, 0.717) is 55.6 Å². The van der Waals surface area contributed by atoms with Gasteiger partial charge in [0, 0.05) is 30.0 Å². The van der Waals surface area contributed by atoms with Crippen molar-refractivity contribution in [3.8, 4) is 11.5 Å². The molecule has 14 heteroatoms. The molecule has 4 aromatic rings. The maximum atomic E-state index is 14.3. The molecule has 0 radical (unpaired) electrons. The van der Waals surface area contributed by atoms with E-state index in [4.69, 9.17) is 42.1 Å². The molecule has 3 fully saturated rings. The molecule has 2 aromatic carbocycles. The number of hydrogen-bond acceptors (Lipinski definition) is 10. The van der Waals surface area contributed by atoms with Crippen LogP contribution in [0.25, 0.3) is 0 Å². The number of nitrogens with zero attached hydrogens (tertiary/aromatic N) is 1. The van der Waals surface area contributed by atoms with Gasteiger partial charge >= 0.3 is 11.9 Å². The highest BCUT2D eigenvalue weighted by Crippen LogP contribution is 2.36. The van der Waals surface area contributed by atoms with Crippen molar-refractivity contribution in [2.24, 2.45) is 5.92 Å². The standard InChI is InChI=1S/C36H36Cl2FN3O6S.H2O/c1-45-29-8-6-22(15-31(29)46-2)30(16-26-27(37)18-40-19-28(26)38)47-35(43)33-9-7-25(49-33)17-41-34(23-4-3-5-24(39)14-23)36(44)48-32-20-42-12-10-21(32)11-13-42;/h3-9,14-15,18-19,21,30,32,34,41H,10-13,16-17,20H2,1-2H3;1H2/t30-,32?,34?;/m0./s1. The van der Waals surface area contributed by atoms with Gasteiger partial charge in [-0.1, -0.05) is 41.4 Å². The average molecular weight is 747 g/mol. The number of ether oxygens (including phenoxy) is 4. The van der Waals surface area contributed by atoms with Crippen molar-refractivity contribution in [2.45, 2.75) is 44.1 Å². The molecule has 2 bridgehead atoms. The van der Waals surface area contributed by atoms with E-state index in [1.54, 1.807) is 62.0 Å². The number of piperidine rings is 3. The monoisotopic (exact) mass is 745 g/mol. The molecule has 50 heavy (non-hydrogen) atoms. The second-order valence-electron chi connectivity index (χ2n) is 12.1. The number of nitrogens with one attached hydrogen (secondary N) is 2. The number of hydrogen-bond donors (Lipinski definition) is 1. The first kappa shape index (κ1) is 37.5. The molecule has 3 atom stereocenters. The summed E-state index contributed by atoms with van der Waals surface area (Å²) < 4.78 is 37.2. The number of methoxy groups -OCH3 is 2. The zero-order valence-corrected chi connectivity index (χ0v) is 29.8. The summed E-state index contributed by atoms with van der Waals surface area (Å²) >= 11 is 14.2. The Kier molecular flexibility index (Phi) is 12.7. The topological polar surface area (TPSA) is 130 Å². The molecule has 0 aliphatic carbocycles. The third-order valence-corrected chi connectivity index (χ3v) is 10.8. The molecular weight excluding hydrogens is 708 g/mol. The van der Waals surface area contributed by atoms with Gasteiger partial charge in [-0.05, 0) is 79.4 Å². The second kappa shape index (κ2) is 17.0. The van der Waals surface area contributed by atoms with E-state index in [-0.39, 0.29) is 24.5 Å². The summed E-state index contributed by atoms with van der Waals surface area (Å²) in [5.41, 5.74) is 1.74. The first-order valence-corrected chi connectivity index (χ1v) is 17.6. The zero-order chi connectivity index (χ0) is 34.5. The van der Waals surface area contributed by atoms with Gasteiger partial charge in [0.25, 0.3) is 0 Å². The quantitative estimate of drug-likeness (QED) is 0.153. The third-order valence-electron chi connectivity index (χ3n) is 9.04. The molecular formula is C36H38Cl2FN3O7S. The van der Waals surface area contributed by atoms with Crippen molar-refractivity contribution in [1.29, 1.82) is 0 Å². The molecule has 2 unspecified atom stereocenters. The Hall–Kier alpha value is -3.78. The van der Waals surface area contributed by atoms with Crippen LogP contribution in [0.4, 0.5) is 4.39 Å². The summed E-state index contributed by atoms with van der Waals surface area (Å²) in [4.78, 5) is 33.5. The largest absolute Gasteiger partial charge is 0.870 e. The van der Waals surface area contributed by atoms with Crippen molar-refractivity contribution >= 4 is 46.5 Å². The fourth-order valence-corrected chi connectivity index (χ4v) is 7.77. The molecule has 3 aliphatic rings. The van der Waals surface area contributed by atoms with Crippen LogP contribution in [0, 0.1) is 11.7 Å². The van der Waals surface area contributed by atoms with Gasteiger partial charge in [-0.25, -0.2) is 19.0 Å². The Labute approximate surface area is 303 Å². The Morgan fingerprint density at radius 2 is 1.74 bits per heavy atom. The molecule has 0 amide bonds. The van der Waals surface area contributed by atoms with Crippen LogP contribution in [0.1, 0.15) is 56.2 Å². The minimum Gasteiger partial charge on any atom is -0.870 e. The summed E-state index contributed by atoms with van der Waals surface area (Å²) in [6.07, 6.45) is 4.46. The number of pyridine rings is 1. The third kappa shape index (κ3) is 8.74.